The Morgan fingerprint density at radius 3 is 2.48 bits per heavy atom. The van der Waals surface area contributed by atoms with Gasteiger partial charge in [0.05, 0.1) is 0 Å². The van der Waals surface area contributed by atoms with E-state index in [0.717, 1.165) is 17.9 Å². The molecular formula is C17H27N3O. The lowest BCUT2D eigenvalue weighted by Gasteiger charge is -2.26. The monoisotopic (exact) mass is 289 g/mol. The van der Waals surface area contributed by atoms with Crippen molar-refractivity contribution in [2.24, 2.45) is 11.1 Å². The molecular weight excluding hydrogens is 262 g/mol. The van der Waals surface area contributed by atoms with Crippen molar-refractivity contribution < 1.29 is 4.74 Å². The average Bonchev–Trinajstić information content (AvgIpc) is 2.92. The second kappa shape index (κ2) is 6.94. The summed E-state index contributed by atoms with van der Waals surface area (Å²) in [5.74, 6) is 0.936. The minimum Gasteiger partial charge on any atom is -0.492 e. The van der Waals surface area contributed by atoms with Crippen LogP contribution in [0.3, 0.4) is 0 Å². The van der Waals surface area contributed by atoms with Gasteiger partial charge in [0.25, 0.3) is 0 Å². The number of nitrogens with two attached hydrogens (primary N) is 1. The molecule has 0 radical (unpaired) electrons. The van der Waals surface area contributed by atoms with Crippen LogP contribution in [0.25, 0.3) is 0 Å². The summed E-state index contributed by atoms with van der Waals surface area (Å²) in [5, 5.41) is 7.36. The minimum absolute atomic E-state index is 0.0917. The lowest BCUT2D eigenvalue weighted by atomic mass is 9.82. The molecule has 0 unspecified atom stereocenters. The molecule has 2 rings (SSSR count). The number of rotatable bonds is 7. The van der Waals surface area contributed by atoms with Gasteiger partial charge in [-0.05, 0) is 55.5 Å². The van der Waals surface area contributed by atoms with Crippen LogP contribution in [0, 0.1) is 10.8 Å². The van der Waals surface area contributed by atoms with Gasteiger partial charge in [-0.2, -0.15) is 0 Å². The number of ether oxygens (including phenoxy) is 1. The largest absolute Gasteiger partial charge is 0.492 e. The van der Waals surface area contributed by atoms with E-state index < -0.39 is 0 Å². The Kier molecular flexibility index (Phi) is 5.23. The number of hydrogen-bond donors (Lipinski definition) is 2. The van der Waals surface area contributed by atoms with Crippen molar-refractivity contribution in [3.63, 3.8) is 0 Å². The zero-order chi connectivity index (χ0) is 15.3. The Balaban J connectivity index is 1.76. The van der Waals surface area contributed by atoms with Crippen molar-refractivity contribution in [2.45, 2.75) is 33.1 Å². The molecule has 4 nitrogen and oxygen atoms in total. The number of nitrogen functional groups attached to an aromatic ring is 1. The predicted octanol–water partition coefficient (Wildman–Crippen LogP) is 2.86. The Labute approximate surface area is 127 Å². The number of hydrogen-bond acceptors (Lipinski definition) is 3. The molecule has 3 N–H and O–H groups in total. The first-order chi connectivity index (χ1) is 10.1. The van der Waals surface area contributed by atoms with E-state index in [1.165, 1.54) is 32.4 Å². The van der Waals surface area contributed by atoms with Gasteiger partial charge in [0, 0.05) is 18.7 Å². The molecule has 0 aromatic heterocycles. The lowest BCUT2D eigenvalue weighted by molar-refractivity contribution is 0.204. The zero-order valence-electron chi connectivity index (χ0n) is 13.2. The SMILES string of the molecule is CCC1(CC)CCN(CCOc2ccc(C(=N)N)cc2)C1. The summed E-state index contributed by atoms with van der Waals surface area (Å²) in [6, 6.07) is 7.41. The summed E-state index contributed by atoms with van der Waals surface area (Å²) in [6.45, 7) is 8.69. The summed E-state index contributed by atoms with van der Waals surface area (Å²) in [5.41, 5.74) is 6.70. The second-order valence-corrected chi connectivity index (χ2v) is 6.02. The normalized spacial score (nSPS) is 17.8. The van der Waals surface area contributed by atoms with Crippen molar-refractivity contribution in [3.05, 3.63) is 29.8 Å². The Bertz CT molecular complexity index is 465. The molecule has 1 aromatic carbocycles. The fourth-order valence-corrected chi connectivity index (χ4v) is 3.07. The number of nitrogens with zero attached hydrogens (tertiary/aromatic N) is 1. The Morgan fingerprint density at radius 1 is 1.29 bits per heavy atom. The van der Waals surface area contributed by atoms with E-state index in [-0.39, 0.29) is 5.84 Å². The molecule has 0 bridgehead atoms. The first-order valence-corrected chi connectivity index (χ1v) is 7.88. The Hall–Kier alpha value is -1.55. The maximum atomic E-state index is 7.36. The van der Waals surface area contributed by atoms with Gasteiger partial charge in [0.1, 0.15) is 18.2 Å². The molecule has 1 aliphatic rings. The maximum absolute atomic E-state index is 7.36. The average molecular weight is 289 g/mol. The van der Waals surface area contributed by atoms with E-state index in [1.807, 2.05) is 24.3 Å². The predicted molar refractivity (Wildman–Crippen MR) is 87.0 cm³/mol. The van der Waals surface area contributed by atoms with Crippen molar-refractivity contribution in [1.29, 1.82) is 5.41 Å². The van der Waals surface area contributed by atoms with E-state index in [1.54, 1.807) is 0 Å². The Morgan fingerprint density at radius 2 is 1.95 bits per heavy atom. The van der Waals surface area contributed by atoms with Crippen molar-refractivity contribution in [1.82, 2.24) is 4.90 Å². The summed E-state index contributed by atoms with van der Waals surface area (Å²) in [6.07, 6.45) is 3.86. The fraction of sp³-hybridized carbons (Fsp3) is 0.588. The highest BCUT2D eigenvalue weighted by molar-refractivity contribution is 5.94. The van der Waals surface area contributed by atoms with Crippen molar-refractivity contribution >= 4 is 5.84 Å². The number of benzene rings is 1. The molecule has 1 aliphatic heterocycles. The van der Waals surface area contributed by atoms with E-state index in [4.69, 9.17) is 15.9 Å². The third kappa shape index (κ3) is 3.97. The fourth-order valence-electron chi connectivity index (χ4n) is 3.07. The van der Waals surface area contributed by atoms with Crippen molar-refractivity contribution in [3.8, 4) is 5.75 Å². The van der Waals surface area contributed by atoms with Crippen LogP contribution in [-0.4, -0.2) is 37.0 Å². The van der Waals surface area contributed by atoms with Crippen LogP contribution >= 0.6 is 0 Å². The summed E-state index contributed by atoms with van der Waals surface area (Å²) >= 11 is 0. The van der Waals surface area contributed by atoms with Gasteiger partial charge in [-0.1, -0.05) is 13.8 Å². The zero-order valence-corrected chi connectivity index (χ0v) is 13.2. The van der Waals surface area contributed by atoms with Gasteiger partial charge in [0.15, 0.2) is 0 Å². The summed E-state index contributed by atoms with van der Waals surface area (Å²) in [4.78, 5) is 2.51. The van der Waals surface area contributed by atoms with Crippen LogP contribution < -0.4 is 10.5 Å². The highest BCUT2D eigenvalue weighted by Gasteiger charge is 2.34. The van der Waals surface area contributed by atoms with E-state index >= 15 is 0 Å². The van der Waals surface area contributed by atoms with Gasteiger partial charge in [-0.25, -0.2) is 0 Å². The van der Waals surface area contributed by atoms with E-state index in [9.17, 15) is 0 Å². The number of amidine groups is 1. The van der Waals surface area contributed by atoms with Crippen LogP contribution in [0.1, 0.15) is 38.7 Å². The molecule has 0 atom stereocenters. The molecule has 0 aliphatic carbocycles. The third-order valence-corrected chi connectivity index (χ3v) is 4.86. The number of nitrogens with one attached hydrogen (secondary N) is 1. The molecule has 21 heavy (non-hydrogen) atoms. The highest BCUT2D eigenvalue weighted by atomic mass is 16.5. The first-order valence-electron chi connectivity index (χ1n) is 7.88. The lowest BCUT2D eigenvalue weighted by Crippen LogP contribution is -2.29. The summed E-state index contributed by atoms with van der Waals surface area (Å²) < 4.78 is 5.79. The smallest absolute Gasteiger partial charge is 0.122 e. The van der Waals surface area contributed by atoms with Crippen LogP contribution in [0.4, 0.5) is 0 Å². The molecule has 1 saturated heterocycles. The topological polar surface area (TPSA) is 62.3 Å². The van der Waals surface area contributed by atoms with Gasteiger partial charge in [0.2, 0.25) is 0 Å². The van der Waals surface area contributed by atoms with Gasteiger partial charge in [-0.15, -0.1) is 0 Å². The quantitative estimate of drug-likeness (QED) is 0.599. The highest BCUT2D eigenvalue weighted by Crippen LogP contribution is 2.36. The summed E-state index contributed by atoms with van der Waals surface area (Å²) in [7, 11) is 0. The van der Waals surface area contributed by atoms with E-state index in [2.05, 4.69) is 18.7 Å². The van der Waals surface area contributed by atoms with E-state index in [0.29, 0.717) is 12.0 Å². The molecule has 0 amide bonds. The minimum atomic E-state index is 0.0917. The van der Waals surface area contributed by atoms with Gasteiger partial charge in [-0.3, -0.25) is 10.3 Å². The molecule has 1 aromatic rings. The van der Waals surface area contributed by atoms with Gasteiger partial charge < -0.3 is 10.5 Å². The number of likely N-dealkylation sites (tertiary alicyclic amines) is 1. The van der Waals surface area contributed by atoms with Crippen LogP contribution in [0.5, 0.6) is 5.75 Å². The molecule has 0 saturated carbocycles. The molecule has 0 spiro atoms. The van der Waals surface area contributed by atoms with Crippen molar-refractivity contribution in [2.75, 3.05) is 26.2 Å². The van der Waals surface area contributed by atoms with Gasteiger partial charge >= 0.3 is 0 Å². The second-order valence-electron chi connectivity index (χ2n) is 6.02. The standard InChI is InChI=1S/C17H27N3O/c1-3-17(4-2)9-10-20(13-17)11-12-21-15-7-5-14(6-8-15)16(18)19/h5-8H,3-4,9-13H2,1-2H3,(H3,18,19). The molecule has 4 heteroatoms. The van der Waals surface area contributed by atoms with Crippen LogP contribution in [0.2, 0.25) is 0 Å². The maximum Gasteiger partial charge on any atom is 0.122 e. The van der Waals surface area contributed by atoms with Crippen LogP contribution in [0.15, 0.2) is 24.3 Å². The van der Waals surface area contributed by atoms with Crippen LogP contribution in [-0.2, 0) is 0 Å². The first kappa shape index (κ1) is 15.8. The molecule has 1 fully saturated rings. The molecule has 1 heterocycles. The molecule has 116 valence electrons. The third-order valence-electron chi connectivity index (χ3n) is 4.86.